The Morgan fingerprint density at radius 2 is 2.07 bits per heavy atom. The molecule has 0 saturated heterocycles. The van der Waals surface area contributed by atoms with Crippen molar-refractivity contribution in [2.75, 3.05) is 6.54 Å². The molecule has 14 heavy (non-hydrogen) atoms. The van der Waals surface area contributed by atoms with Crippen LogP contribution in [0.1, 0.15) is 32.1 Å². The Labute approximate surface area is 83.0 Å². The van der Waals surface area contributed by atoms with Gasteiger partial charge in [0.25, 0.3) is 0 Å². The zero-order valence-electron chi connectivity index (χ0n) is 8.11. The molecule has 0 atom stereocenters. The van der Waals surface area contributed by atoms with E-state index in [0.29, 0.717) is 5.06 Å². The summed E-state index contributed by atoms with van der Waals surface area (Å²) in [5.74, 6) is -0.300. The van der Waals surface area contributed by atoms with Gasteiger partial charge in [0.05, 0.1) is 0 Å². The second-order valence-corrected chi connectivity index (χ2v) is 3.61. The summed E-state index contributed by atoms with van der Waals surface area (Å²) in [4.78, 5) is 21.2. The van der Waals surface area contributed by atoms with Crippen LogP contribution in [0.5, 0.6) is 0 Å². The molecule has 1 aliphatic carbocycles. The monoisotopic (exact) mass is 200 g/mol. The molecule has 1 rings (SSSR count). The maximum atomic E-state index is 11.2. The van der Waals surface area contributed by atoms with Crippen molar-refractivity contribution in [3.63, 3.8) is 0 Å². The van der Waals surface area contributed by atoms with Crippen LogP contribution in [0.2, 0.25) is 0 Å². The minimum atomic E-state index is -0.300. The molecular formula is C9H16N2O3. The minimum absolute atomic E-state index is 0.219. The Morgan fingerprint density at radius 3 is 2.64 bits per heavy atom. The molecule has 5 nitrogen and oxygen atoms in total. The molecule has 0 heterocycles. The molecule has 0 aromatic rings. The maximum Gasteiger partial charge on any atom is 0.242 e. The van der Waals surface area contributed by atoms with Gasteiger partial charge >= 0.3 is 0 Å². The first-order chi connectivity index (χ1) is 6.72. The van der Waals surface area contributed by atoms with Gasteiger partial charge in [-0.15, -0.1) is 0 Å². The predicted molar refractivity (Wildman–Crippen MR) is 49.6 cm³/mol. The van der Waals surface area contributed by atoms with Crippen molar-refractivity contribution < 1.29 is 14.8 Å². The van der Waals surface area contributed by atoms with Crippen LogP contribution >= 0.6 is 0 Å². The van der Waals surface area contributed by atoms with Crippen LogP contribution in [0.3, 0.4) is 0 Å². The first-order valence-electron chi connectivity index (χ1n) is 4.92. The molecule has 5 heteroatoms. The Bertz CT molecular complexity index is 202. The van der Waals surface area contributed by atoms with E-state index in [1.165, 1.54) is 6.42 Å². The molecule has 0 unspecified atom stereocenters. The Morgan fingerprint density at radius 1 is 1.43 bits per heavy atom. The topological polar surface area (TPSA) is 69.6 Å². The summed E-state index contributed by atoms with van der Waals surface area (Å²) in [5, 5.41) is 11.9. The Hall–Kier alpha value is -1.10. The summed E-state index contributed by atoms with van der Waals surface area (Å²) in [5.41, 5.74) is 0. The largest absolute Gasteiger partial charge is 0.352 e. The fourth-order valence-corrected chi connectivity index (χ4v) is 1.70. The number of nitrogens with one attached hydrogen (secondary N) is 1. The van der Waals surface area contributed by atoms with Crippen molar-refractivity contribution >= 4 is 12.3 Å². The number of hydrogen-bond donors (Lipinski definition) is 2. The second-order valence-electron chi connectivity index (χ2n) is 3.61. The Kier molecular flexibility index (Phi) is 4.39. The number of hydroxylamine groups is 2. The van der Waals surface area contributed by atoms with Gasteiger partial charge in [0, 0.05) is 6.04 Å². The molecule has 80 valence electrons. The van der Waals surface area contributed by atoms with E-state index in [1.807, 2.05) is 0 Å². The molecule has 2 amide bonds. The molecule has 0 spiro atoms. The average Bonchev–Trinajstić information content (AvgIpc) is 2.19. The van der Waals surface area contributed by atoms with Gasteiger partial charge in [0.15, 0.2) is 0 Å². The summed E-state index contributed by atoms with van der Waals surface area (Å²) in [7, 11) is 0. The lowest BCUT2D eigenvalue weighted by Gasteiger charge is -2.23. The van der Waals surface area contributed by atoms with E-state index in [1.54, 1.807) is 0 Å². The number of nitrogens with zero attached hydrogens (tertiary/aromatic N) is 1. The number of rotatable bonds is 4. The lowest BCUT2D eigenvalue weighted by Crippen LogP contribution is -2.41. The Balaban J connectivity index is 2.21. The van der Waals surface area contributed by atoms with Gasteiger partial charge in [-0.25, -0.2) is 5.06 Å². The van der Waals surface area contributed by atoms with Crippen molar-refractivity contribution in [2.24, 2.45) is 0 Å². The smallest absolute Gasteiger partial charge is 0.242 e. The lowest BCUT2D eigenvalue weighted by atomic mass is 9.95. The standard InChI is InChI=1S/C9H16N2O3/c12-7-11(14)6-9(13)10-8-4-2-1-3-5-8/h7-8,14H,1-6H2,(H,10,13). The van der Waals surface area contributed by atoms with E-state index in [2.05, 4.69) is 5.32 Å². The first-order valence-corrected chi connectivity index (χ1v) is 4.92. The fraction of sp³-hybridized carbons (Fsp3) is 0.778. The van der Waals surface area contributed by atoms with Crippen molar-refractivity contribution in [3.05, 3.63) is 0 Å². The van der Waals surface area contributed by atoms with Gasteiger partial charge in [-0.2, -0.15) is 0 Å². The van der Waals surface area contributed by atoms with Crippen LogP contribution in [0, 0.1) is 0 Å². The number of hydrogen-bond acceptors (Lipinski definition) is 3. The van der Waals surface area contributed by atoms with E-state index < -0.39 is 0 Å². The molecule has 0 radical (unpaired) electrons. The fourth-order valence-electron chi connectivity index (χ4n) is 1.70. The van der Waals surface area contributed by atoms with Crippen LogP contribution in [-0.4, -0.2) is 35.2 Å². The van der Waals surface area contributed by atoms with E-state index >= 15 is 0 Å². The zero-order valence-corrected chi connectivity index (χ0v) is 8.11. The van der Waals surface area contributed by atoms with Gasteiger partial charge in [0.2, 0.25) is 12.3 Å². The van der Waals surface area contributed by atoms with Crippen molar-refractivity contribution in [1.29, 1.82) is 0 Å². The van der Waals surface area contributed by atoms with Gasteiger partial charge in [-0.05, 0) is 12.8 Å². The molecule has 0 aliphatic heterocycles. The molecule has 1 saturated carbocycles. The van der Waals surface area contributed by atoms with E-state index in [-0.39, 0.29) is 24.9 Å². The lowest BCUT2D eigenvalue weighted by molar-refractivity contribution is -0.155. The molecule has 1 fully saturated rings. The van der Waals surface area contributed by atoms with Gasteiger partial charge in [-0.1, -0.05) is 19.3 Å². The van der Waals surface area contributed by atoms with Crippen LogP contribution in [0.15, 0.2) is 0 Å². The third kappa shape index (κ3) is 3.74. The molecule has 0 aromatic carbocycles. The summed E-state index contributed by atoms with van der Waals surface area (Å²) in [6, 6.07) is 0.219. The number of carbonyl (C=O) groups is 2. The molecule has 0 bridgehead atoms. The van der Waals surface area contributed by atoms with Gasteiger partial charge < -0.3 is 5.32 Å². The molecular weight excluding hydrogens is 184 g/mol. The summed E-state index contributed by atoms with van der Waals surface area (Å²) < 4.78 is 0. The third-order valence-corrected chi connectivity index (χ3v) is 2.40. The van der Waals surface area contributed by atoms with E-state index in [4.69, 9.17) is 5.21 Å². The highest BCUT2D eigenvalue weighted by atomic mass is 16.5. The van der Waals surface area contributed by atoms with Crippen LogP contribution in [0.4, 0.5) is 0 Å². The van der Waals surface area contributed by atoms with Crippen LogP contribution in [0.25, 0.3) is 0 Å². The number of amides is 2. The summed E-state index contributed by atoms with van der Waals surface area (Å²) in [6.45, 7) is -0.278. The highest BCUT2D eigenvalue weighted by Gasteiger charge is 2.16. The predicted octanol–water partition coefficient (Wildman–Crippen LogP) is 0.283. The maximum absolute atomic E-state index is 11.2. The van der Waals surface area contributed by atoms with Crippen LogP contribution < -0.4 is 5.32 Å². The highest BCUT2D eigenvalue weighted by molar-refractivity contribution is 5.79. The third-order valence-electron chi connectivity index (χ3n) is 2.40. The van der Waals surface area contributed by atoms with Crippen LogP contribution in [-0.2, 0) is 9.59 Å². The minimum Gasteiger partial charge on any atom is -0.352 e. The first kappa shape index (κ1) is 11.0. The average molecular weight is 200 g/mol. The van der Waals surface area contributed by atoms with E-state index in [0.717, 1.165) is 25.7 Å². The zero-order chi connectivity index (χ0) is 10.4. The van der Waals surface area contributed by atoms with Crippen molar-refractivity contribution in [2.45, 2.75) is 38.1 Å². The van der Waals surface area contributed by atoms with E-state index in [9.17, 15) is 9.59 Å². The molecule has 1 aliphatic rings. The quantitative estimate of drug-likeness (QED) is 0.389. The molecule has 2 N–H and O–H groups in total. The van der Waals surface area contributed by atoms with Crippen molar-refractivity contribution in [3.8, 4) is 0 Å². The van der Waals surface area contributed by atoms with Crippen molar-refractivity contribution in [1.82, 2.24) is 10.4 Å². The second kappa shape index (κ2) is 5.59. The van der Waals surface area contributed by atoms with Gasteiger partial charge in [0.1, 0.15) is 6.54 Å². The van der Waals surface area contributed by atoms with Gasteiger partial charge in [-0.3, -0.25) is 14.8 Å². The SMILES string of the molecule is O=CN(O)CC(=O)NC1CCCCC1. The highest BCUT2D eigenvalue weighted by Crippen LogP contribution is 2.17. The normalized spacial score (nSPS) is 17.5. The number of carbonyl (C=O) groups excluding carboxylic acids is 2. The summed E-state index contributed by atoms with van der Waals surface area (Å²) in [6.07, 6.45) is 5.73. The summed E-state index contributed by atoms with van der Waals surface area (Å²) >= 11 is 0. The molecule has 0 aromatic heterocycles.